The van der Waals surface area contributed by atoms with Crippen LogP contribution in [0, 0.1) is 30.2 Å². The van der Waals surface area contributed by atoms with Crippen molar-refractivity contribution >= 4 is 30.0 Å². The molecule has 0 fully saturated rings. The summed E-state index contributed by atoms with van der Waals surface area (Å²) < 4.78 is 91.4. The summed E-state index contributed by atoms with van der Waals surface area (Å²) in [5, 5.41) is 15.7. The molecule has 0 spiro atoms. The quantitative estimate of drug-likeness (QED) is 0.217. The summed E-state index contributed by atoms with van der Waals surface area (Å²) in [7, 11) is 9.78. The second kappa shape index (κ2) is 9.72. The zero-order valence-corrected chi connectivity index (χ0v) is 16.0. The zero-order valence-electron chi connectivity index (χ0n) is 13.0. The number of nitrogens with zero attached hydrogens (tertiary/aromatic N) is 2. The zero-order chi connectivity index (χ0) is 20.9. The van der Waals surface area contributed by atoms with Crippen LogP contribution in [0.4, 0.5) is 42.1 Å². The van der Waals surface area contributed by atoms with Gasteiger partial charge >= 0.3 is 41.8 Å². The van der Waals surface area contributed by atoms with E-state index in [4.69, 9.17) is 18.6 Å². The van der Waals surface area contributed by atoms with Crippen LogP contribution in [-0.2, 0) is 23.2 Å². The Kier molecular flexibility index (Phi) is 8.53. The van der Waals surface area contributed by atoms with Crippen molar-refractivity contribution in [1.29, 1.82) is 0 Å². The van der Waals surface area contributed by atoms with Gasteiger partial charge in [-0.1, -0.05) is 12.1 Å². The molecule has 1 N–H and O–H groups in total. The number of benzene rings is 2. The summed E-state index contributed by atoms with van der Waals surface area (Å²) in [5.74, 6) is -10.4. The Morgan fingerprint density at radius 3 is 1.85 bits per heavy atom. The summed E-state index contributed by atoms with van der Waals surface area (Å²) in [6, 6.07) is 4.02. The molecule has 0 aromatic heterocycles. The Bertz CT molecular complexity index is 833. The number of hydrogen-bond acceptors (Lipinski definition) is 3. The molecule has 2 rings (SSSR count). The second-order valence-corrected chi connectivity index (χ2v) is 7.27. The van der Waals surface area contributed by atoms with Gasteiger partial charge in [0.15, 0.2) is 29.0 Å². The molecule has 0 radical (unpaired) electrons. The van der Waals surface area contributed by atoms with Crippen molar-refractivity contribution in [3.05, 3.63) is 52.6 Å². The molecule has 146 valence electrons. The minimum atomic E-state index is -5.64. The molecule has 0 amide bonds. The van der Waals surface area contributed by atoms with Crippen LogP contribution in [0.5, 0.6) is 5.75 Å². The molecule has 27 heavy (non-hydrogen) atoms. The minimum absolute atomic E-state index is 0.297. The van der Waals surface area contributed by atoms with Crippen LogP contribution in [0.1, 0.15) is 11.1 Å². The number of phenols is 1. The van der Waals surface area contributed by atoms with Gasteiger partial charge in [-0.05, 0) is 18.6 Å². The fraction of sp³-hybridized carbons (Fsp3) is 0.143. The van der Waals surface area contributed by atoms with E-state index in [1.165, 1.54) is 25.1 Å². The predicted molar refractivity (Wildman–Crippen MR) is 80.0 cm³/mol. The molecular formula is C14H7Cl2F7N2OTi. The molecule has 0 unspecified atom stereocenters. The van der Waals surface area contributed by atoms with Crippen molar-refractivity contribution in [2.75, 3.05) is 0 Å². The van der Waals surface area contributed by atoms with Gasteiger partial charge in [-0.25, -0.2) is 17.6 Å². The summed E-state index contributed by atoms with van der Waals surface area (Å²) in [6.45, 7) is 1.47. The number of phenolic OH excluding ortho intramolecular Hbond substituents is 1. The van der Waals surface area contributed by atoms with Gasteiger partial charge in [0.1, 0.15) is 17.0 Å². The fourth-order valence-corrected chi connectivity index (χ4v) is 1.78. The Morgan fingerprint density at radius 1 is 0.926 bits per heavy atom. The number of rotatable bonds is 2. The first-order valence-electron chi connectivity index (χ1n) is 6.57. The summed E-state index contributed by atoms with van der Waals surface area (Å²) in [5.41, 5.74) is -4.36. The molecule has 0 saturated heterocycles. The van der Waals surface area contributed by atoms with Gasteiger partial charge in [0, 0.05) is 0 Å². The average Bonchev–Trinajstić information content (AvgIpc) is 2.56. The molecule has 0 saturated carbocycles. The molecule has 0 atom stereocenters. The average molecular weight is 471 g/mol. The third-order valence-electron chi connectivity index (χ3n) is 3.00. The molecule has 13 heteroatoms. The number of aryl methyl sites for hydroxylation is 1. The standard InChI is InChI=1S/C14H7F7N2O.2ClH.Ti/c1-5-3-2-4-6(13(5)24)22-23-12-10(17)8(15)7(14(19,20)21)9(16)11(12)18;;;/h2-4,24H,1H3;2*1H;/q;;;+2/p-2. The van der Waals surface area contributed by atoms with E-state index in [1.807, 2.05) is 0 Å². The Morgan fingerprint density at radius 2 is 1.41 bits per heavy atom. The van der Waals surface area contributed by atoms with Crippen LogP contribution in [0.2, 0.25) is 0 Å². The molecule has 0 aliphatic carbocycles. The normalized spacial score (nSPS) is 11.3. The van der Waals surface area contributed by atoms with Crippen LogP contribution in [0.25, 0.3) is 0 Å². The van der Waals surface area contributed by atoms with Gasteiger partial charge in [0.05, 0.1) is 0 Å². The summed E-state index contributed by atoms with van der Waals surface area (Å²) in [6.07, 6.45) is -5.64. The van der Waals surface area contributed by atoms with E-state index in [1.54, 1.807) is 0 Å². The van der Waals surface area contributed by atoms with Gasteiger partial charge in [-0.15, -0.1) is 10.2 Å². The summed E-state index contributed by atoms with van der Waals surface area (Å²) in [4.78, 5) is 0. The Balaban J connectivity index is 0.00000114. The van der Waals surface area contributed by atoms with E-state index in [9.17, 15) is 35.8 Å². The maximum absolute atomic E-state index is 13.6. The molecule has 2 aromatic rings. The van der Waals surface area contributed by atoms with Crippen LogP contribution in [0.15, 0.2) is 28.4 Å². The van der Waals surface area contributed by atoms with E-state index in [2.05, 4.69) is 10.2 Å². The molecule has 0 heterocycles. The van der Waals surface area contributed by atoms with E-state index in [0.29, 0.717) is 5.56 Å². The van der Waals surface area contributed by atoms with Crippen LogP contribution >= 0.6 is 18.6 Å². The number of para-hydroxylation sites is 1. The number of azo groups is 1. The monoisotopic (exact) mass is 470 g/mol. The third kappa shape index (κ3) is 5.57. The maximum atomic E-state index is 13.6. The van der Waals surface area contributed by atoms with Gasteiger partial charge in [-0.2, -0.15) is 13.2 Å². The fourth-order valence-electron chi connectivity index (χ4n) is 1.78. The number of hydrogen-bond donors (Lipinski definition) is 1. The van der Waals surface area contributed by atoms with Crippen molar-refractivity contribution in [2.45, 2.75) is 13.1 Å². The molecule has 0 bridgehead atoms. The van der Waals surface area contributed by atoms with Crippen LogP contribution < -0.4 is 0 Å². The van der Waals surface area contributed by atoms with Crippen molar-refractivity contribution in [3.8, 4) is 5.75 Å². The second-order valence-electron chi connectivity index (χ2n) is 4.69. The van der Waals surface area contributed by atoms with Crippen molar-refractivity contribution in [1.82, 2.24) is 0 Å². The van der Waals surface area contributed by atoms with E-state index < -0.39 is 63.5 Å². The number of alkyl halides is 3. The van der Waals surface area contributed by atoms with Gasteiger partial charge < -0.3 is 5.11 Å². The van der Waals surface area contributed by atoms with Gasteiger partial charge in [0.2, 0.25) is 0 Å². The first kappa shape index (κ1) is 23.7. The molecule has 3 nitrogen and oxygen atoms in total. The molecule has 0 aliphatic heterocycles. The van der Waals surface area contributed by atoms with Gasteiger partial charge in [-0.3, -0.25) is 0 Å². The SMILES string of the molecule is Cc1cccc(N=Nc2c(F)c(F)c(C(F)(F)F)c(F)c2F)c1O.[Cl][Ti][Cl]. The molecular weight excluding hydrogens is 464 g/mol. The topological polar surface area (TPSA) is 45.0 Å². The first-order valence-corrected chi connectivity index (χ1v) is 10.9. The van der Waals surface area contributed by atoms with Crippen LogP contribution in [-0.4, -0.2) is 5.11 Å². The van der Waals surface area contributed by atoms with Crippen molar-refractivity contribution in [3.63, 3.8) is 0 Å². The summed E-state index contributed by atoms with van der Waals surface area (Å²) >= 11 is -0.556. The third-order valence-corrected chi connectivity index (χ3v) is 3.00. The molecule has 0 aliphatic rings. The van der Waals surface area contributed by atoms with Crippen molar-refractivity contribution in [2.24, 2.45) is 10.2 Å². The van der Waals surface area contributed by atoms with Gasteiger partial charge in [0.25, 0.3) is 0 Å². The van der Waals surface area contributed by atoms with Crippen LogP contribution in [0.3, 0.4) is 0 Å². The van der Waals surface area contributed by atoms with Crippen molar-refractivity contribution < 1.29 is 52.9 Å². The number of aromatic hydroxyl groups is 1. The molecule has 2 aromatic carbocycles. The number of halogens is 9. The van der Waals surface area contributed by atoms with E-state index >= 15 is 0 Å². The predicted octanol–water partition coefficient (Wildman–Crippen LogP) is 7.07. The van der Waals surface area contributed by atoms with E-state index in [-0.39, 0.29) is 5.69 Å². The first-order chi connectivity index (χ1) is 12.5. The Hall–Kier alpha value is -1.36. The van der Waals surface area contributed by atoms with E-state index in [0.717, 1.165) is 0 Å². The Labute approximate surface area is 164 Å².